The third-order valence-electron chi connectivity index (χ3n) is 6.51. The van der Waals surface area contributed by atoms with Crippen LogP contribution in [0.5, 0.6) is 5.75 Å². The molecule has 2 heterocycles. The summed E-state index contributed by atoms with van der Waals surface area (Å²) in [6, 6.07) is 7.99. The number of carbonyl (C=O) groups excluding carboxylic acids is 1. The van der Waals surface area contributed by atoms with E-state index < -0.39 is 0 Å². The summed E-state index contributed by atoms with van der Waals surface area (Å²) < 4.78 is 7.89. The molecule has 0 unspecified atom stereocenters. The Labute approximate surface area is 190 Å². The van der Waals surface area contributed by atoms with Crippen LogP contribution in [0.15, 0.2) is 24.3 Å². The standard InChI is InChI=1S/C24H33ClN4O2/c1-4-19-14-21(28(3)26-19)24(30)27(2)15-17-12-20(13-17)31-22-9-7-8-18(23(22)25)16-29-10-5-6-11-29/h7-9,14,17,20H,4-6,10-13,15-16H2,1-3H3. The Morgan fingerprint density at radius 1 is 1.29 bits per heavy atom. The second-order valence-corrected chi connectivity index (χ2v) is 9.35. The summed E-state index contributed by atoms with van der Waals surface area (Å²) in [5.74, 6) is 1.26. The quantitative estimate of drug-likeness (QED) is 0.613. The zero-order valence-corrected chi connectivity index (χ0v) is 19.6. The van der Waals surface area contributed by atoms with Gasteiger partial charge < -0.3 is 9.64 Å². The Morgan fingerprint density at radius 3 is 2.71 bits per heavy atom. The Kier molecular flexibility index (Phi) is 6.87. The smallest absolute Gasteiger partial charge is 0.271 e. The van der Waals surface area contributed by atoms with Gasteiger partial charge in [0.05, 0.1) is 16.8 Å². The number of hydrogen-bond acceptors (Lipinski definition) is 4. The Balaban J connectivity index is 1.27. The van der Waals surface area contributed by atoms with Gasteiger partial charge in [-0.3, -0.25) is 14.4 Å². The third-order valence-corrected chi connectivity index (χ3v) is 6.94. The zero-order chi connectivity index (χ0) is 22.0. The summed E-state index contributed by atoms with van der Waals surface area (Å²) >= 11 is 6.66. The lowest BCUT2D eigenvalue weighted by Crippen LogP contribution is -2.42. The van der Waals surface area contributed by atoms with Crippen LogP contribution in [0.3, 0.4) is 0 Å². The maximum absolute atomic E-state index is 12.8. The normalized spacial score (nSPS) is 21.2. The summed E-state index contributed by atoms with van der Waals surface area (Å²) in [6.07, 6.45) is 5.42. The van der Waals surface area contributed by atoms with Crippen molar-refractivity contribution in [2.24, 2.45) is 13.0 Å². The van der Waals surface area contributed by atoms with Crippen LogP contribution in [-0.2, 0) is 20.0 Å². The fraction of sp³-hybridized carbons (Fsp3) is 0.583. The molecule has 4 rings (SSSR count). The van der Waals surface area contributed by atoms with Gasteiger partial charge >= 0.3 is 0 Å². The Bertz CT molecular complexity index is 916. The van der Waals surface area contributed by atoms with Crippen molar-refractivity contribution in [1.29, 1.82) is 0 Å². The number of amides is 1. The first-order chi connectivity index (χ1) is 14.9. The number of rotatable bonds is 8. The fourth-order valence-electron chi connectivity index (χ4n) is 4.62. The van der Waals surface area contributed by atoms with Crippen LogP contribution in [0.4, 0.5) is 0 Å². The molecular weight excluding hydrogens is 412 g/mol. The lowest BCUT2D eigenvalue weighted by Gasteiger charge is -2.37. The highest BCUT2D eigenvalue weighted by molar-refractivity contribution is 6.32. The lowest BCUT2D eigenvalue weighted by atomic mass is 9.82. The molecule has 0 radical (unpaired) electrons. The van der Waals surface area contributed by atoms with Crippen LogP contribution in [0.2, 0.25) is 5.02 Å². The summed E-state index contributed by atoms with van der Waals surface area (Å²) in [6.45, 7) is 5.97. The maximum atomic E-state index is 12.8. The SMILES string of the molecule is CCc1cc(C(=O)N(C)CC2CC(Oc3cccc(CN4CCCC4)c3Cl)C2)n(C)n1. The van der Waals surface area contributed by atoms with Crippen molar-refractivity contribution in [2.75, 3.05) is 26.7 Å². The Hall–Kier alpha value is -2.05. The minimum atomic E-state index is 0.0247. The fourth-order valence-corrected chi connectivity index (χ4v) is 4.85. The second kappa shape index (κ2) is 9.61. The van der Waals surface area contributed by atoms with Crippen LogP contribution >= 0.6 is 11.6 Å². The monoisotopic (exact) mass is 444 g/mol. The molecule has 1 aromatic carbocycles. The number of hydrogen-bond donors (Lipinski definition) is 0. The average molecular weight is 445 g/mol. The number of aromatic nitrogens is 2. The van der Waals surface area contributed by atoms with Gasteiger partial charge in [-0.2, -0.15) is 5.10 Å². The van der Waals surface area contributed by atoms with Gasteiger partial charge in [-0.1, -0.05) is 30.7 Å². The minimum Gasteiger partial charge on any atom is -0.489 e. The van der Waals surface area contributed by atoms with E-state index in [2.05, 4.69) is 16.1 Å². The van der Waals surface area contributed by atoms with E-state index in [1.807, 2.05) is 39.2 Å². The number of likely N-dealkylation sites (tertiary alicyclic amines) is 1. The molecule has 1 aliphatic carbocycles. The van der Waals surface area contributed by atoms with E-state index in [4.69, 9.17) is 16.3 Å². The van der Waals surface area contributed by atoms with Crippen molar-refractivity contribution in [3.05, 3.63) is 46.2 Å². The van der Waals surface area contributed by atoms with Gasteiger partial charge in [-0.25, -0.2) is 0 Å². The van der Waals surface area contributed by atoms with E-state index in [9.17, 15) is 4.79 Å². The molecule has 1 aliphatic heterocycles. The predicted molar refractivity (Wildman–Crippen MR) is 123 cm³/mol. The number of ether oxygens (including phenoxy) is 1. The largest absolute Gasteiger partial charge is 0.489 e. The third kappa shape index (κ3) is 5.07. The summed E-state index contributed by atoms with van der Waals surface area (Å²) in [4.78, 5) is 17.0. The topological polar surface area (TPSA) is 50.6 Å². The van der Waals surface area contributed by atoms with E-state index >= 15 is 0 Å². The molecular formula is C24H33ClN4O2. The number of halogens is 1. The summed E-state index contributed by atoms with van der Waals surface area (Å²) in [5.41, 5.74) is 2.73. The first kappa shape index (κ1) is 22.2. The first-order valence-corrected chi connectivity index (χ1v) is 11.8. The van der Waals surface area contributed by atoms with Crippen LogP contribution in [-0.4, -0.2) is 58.3 Å². The molecule has 0 spiro atoms. The molecule has 168 valence electrons. The molecule has 1 saturated carbocycles. The zero-order valence-electron chi connectivity index (χ0n) is 18.8. The summed E-state index contributed by atoms with van der Waals surface area (Å²) in [7, 11) is 3.70. The number of nitrogens with zero attached hydrogens (tertiary/aromatic N) is 4. The van der Waals surface area contributed by atoms with E-state index in [1.54, 1.807) is 9.58 Å². The van der Waals surface area contributed by atoms with E-state index in [0.717, 1.165) is 67.5 Å². The molecule has 31 heavy (non-hydrogen) atoms. The average Bonchev–Trinajstić information content (AvgIpc) is 3.37. The lowest BCUT2D eigenvalue weighted by molar-refractivity contribution is 0.0415. The molecule has 2 fully saturated rings. The number of aryl methyl sites for hydroxylation is 2. The summed E-state index contributed by atoms with van der Waals surface area (Å²) in [5, 5.41) is 5.13. The van der Waals surface area contributed by atoms with Crippen molar-refractivity contribution in [3.8, 4) is 5.75 Å². The van der Waals surface area contributed by atoms with Gasteiger partial charge in [0.15, 0.2) is 0 Å². The van der Waals surface area contributed by atoms with Crippen molar-refractivity contribution in [3.63, 3.8) is 0 Å². The van der Waals surface area contributed by atoms with Gasteiger partial charge in [0, 0.05) is 27.2 Å². The van der Waals surface area contributed by atoms with Crippen LogP contribution < -0.4 is 4.74 Å². The van der Waals surface area contributed by atoms with Crippen molar-refractivity contribution in [2.45, 2.75) is 51.7 Å². The number of carbonyl (C=O) groups is 1. The van der Waals surface area contributed by atoms with Gasteiger partial charge in [0.2, 0.25) is 0 Å². The van der Waals surface area contributed by atoms with Gasteiger partial charge in [0.25, 0.3) is 5.91 Å². The predicted octanol–water partition coefficient (Wildman–Crippen LogP) is 4.16. The van der Waals surface area contributed by atoms with Crippen molar-refractivity contribution < 1.29 is 9.53 Å². The van der Waals surface area contributed by atoms with Gasteiger partial charge in [-0.05, 0) is 68.8 Å². The molecule has 7 heteroatoms. The molecule has 0 bridgehead atoms. The van der Waals surface area contributed by atoms with Crippen molar-refractivity contribution >= 4 is 17.5 Å². The Morgan fingerprint density at radius 2 is 2.03 bits per heavy atom. The molecule has 0 atom stereocenters. The second-order valence-electron chi connectivity index (χ2n) is 8.97. The molecule has 1 aromatic heterocycles. The van der Waals surface area contributed by atoms with Gasteiger partial charge in [-0.15, -0.1) is 0 Å². The highest BCUT2D eigenvalue weighted by atomic mass is 35.5. The van der Waals surface area contributed by atoms with Crippen LogP contribution in [0.25, 0.3) is 0 Å². The van der Waals surface area contributed by atoms with Crippen molar-refractivity contribution in [1.82, 2.24) is 19.6 Å². The maximum Gasteiger partial charge on any atom is 0.271 e. The van der Waals surface area contributed by atoms with Crippen LogP contribution in [0.1, 0.15) is 54.4 Å². The number of benzene rings is 1. The highest BCUT2D eigenvalue weighted by Crippen LogP contribution is 2.36. The van der Waals surface area contributed by atoms with E-state index in [-0.39, 0.29) is 12.0 Å². The molecule has 1 saturated heterocycles. The van der Waals surface area contributed by atoms with E-state index in [0.29, 0.717) is 11.6 Å². The molecule has 0 N–H and O–H groups in total. The van der Waals surface area contributed by atoms with E-state index in [1.165, 1.54) is 12.8 Å². The molecule has 2 aromatic rings. The molecule has 1 amide bonds. The van der Waals surface area contributed by atoms with Gasteiger partial charge in [0.1, 0.15) is 11.4 Å². The molecule has 2 aliphatic rings. The first-order valence-electron chi connectivity index (χ1n) is 11.4. The minimum absolute atomic E-state index is 0.0247. The highest BCUT2D eigenvalue weighted by Gasteiger charge is 2.33. The van der Waals surface area contributed by atoms with Crippen LogP contribution in [0, 0.1) is 5.92 Å². The molecule has 6 nitrogen and oxygen atoms in total.